The Morgan fingerprint density at radius 1 is 1.03 bits per heavy atom. The van der Waals surface area contributed by atoms with Crippen LogP contribution in [0.3, 0.4) is 0 Å². The van der Waals surface area contributed by atoms with Gasteiger partial charge in [0.2, 0.25) is 0 Å². The number of benzene rings is 1. The van der Waals surface area contributed by atoms with Gasteiger partial charge in [0.05, 0.1) is 27.7 Å². The van der Waals surface area contributed by atoms with Crippen LogP contribution in [0.15, 0.2) is 54.7 Å². The van der Waals surface area contributed by atoms with Gasteiger partial charge in [-0.15, -0.1) is 11.3 Å². The van der Waals surface area contributed by atoms with Crippen molar-refractivity contribution >= 4 is 34.2 Å². The number of rotatable bonds is 4. The molecule has 0 bridgehead atoms. The summed E-state index contributed by atoms with van der Waals surface area (Å²) in [4.78, 5) is 32.1. The SMILES string of the molecule is Cc1ccc(-c2cc(C(=O)NNC(=O)c3ccccc3)c3cnn(C(C)C)c3n2)s1. The predicted molar refractivity (Wildman–Crippen MR) is 117 cm³/mol. The highest BCUT2D eigenvalue weighted by Gasteiger charge is 2.19. The second kappa shape index (κ2) is 8.08. The molecule has 0 radical (unpaired) electrons. The Kier molecular flexibility index (Phi) is 5.33. The van der Waals surface area contributed by atoms with Crippen LogP contribution in [0.25, 0.3) is 21.6 Å². The second-order valence-corrected chi connectivity index (χ2v) is 8.45. The van der Waals surface area contributed by atoms with Crippen molar-refractivity contribution in [2.24, 2.45) is 0 Å². The van der Waals surface area contributed by atoms with E-state index >= 15 is 0 Å². The maximum Gasteiger partial charge on any atom is 0.270 e. The third-order valence-electron chi connectivity index (χ3n) is 4.62. The van der Waals surface area contributed by atoms with E-state index in [0.29, 0.717) is 27.9 Å². The Labute approximate surface area is 177 Å². The molecule has 152 valence electrons. The summed E-state index contributed by atoms with van der Waals surface area (Å²) in [6.45, 7) is 6.05. The van der Waals surface area contributed by atoms with Crippen LogP contribution >= 0.6 is 11.3 Å². The topological polar surface area (TPSA) is 88.9 Å². The minimum absolute atomic E-state index is 0.0871. The normalized spacial score (nSPS) is 11.1. The summed E-state index contributed by atoms with van der Waals surface area (Å²) in [5, 5.41) is 5.04. The van der Waals surface area contributed by atoms with Crippen LogP contribution in [-0.2, 0) is 0 Å². The quantitative estimate of drug-likeness (QED) is 0.487. The fourth-order valence-electron chi connectivity index (χ4n) is 3.12. The van der Waals surface area contributed by atoms with Gasteiger partial charge in [-0.05, 0) is 51.1 Å². The van der Waals surface area contributed by atoms with E-state index < -0.39 is 5.91 Å². The van der Waals surface area contributed by atoms with Gasteiger partial charge >= 0.3 is 0 Å². The fourth-order valence-corrected chi connectivity index (χ4v) is 3.95. The molecule has 2 amide bonds. The van der Waals surface area contributed by atoms with Crippen molar-refractivity contribution in [3.8, 4) is 10.6 Å². The molecular formula is C22H21N5O2S. The molecule has 3 heterocycles. The summed E-state index contributed by atoms with van der Waals surface area (Å²) < 4.78 is 1.79. The molecule has 0 spiro atoms. The maximum atomic E-state index is 13.0. The first-order valence-corrected chi connectivity index (χ1v) is 10.4. The molecule has 8 heteroatoms. The van der Waals surface area contributed by atoms with Gasteiger partial charge in [-0.3, -0.25) is 20.4 Å². The summed E-state index contributed by atoms with van der Waals surface area (Å²) >= 11 is 1.61. The Morgan fingerprint density at radius 2 is 1.77 bits per heavy atom. The highest BCUT2D eigenvalue weighted by atomic mass is 32.1. The number of hydrogen-bond donors (Lipinski definition) is 2. The van der Waals surface area contributed by atoms with E-state index in [1.54, 1.807) is 52.5 Å². The Morgan fingerprint density at radius 3 is 2.43 bits per heavy atom. The number of hydrogen-bond acceptors (Lipinski definition) is 5. The highest BCUT2D eigenvalue weighted by molar-refractivity contribution is 7.15. The van der Waals surface area contributed by atoms with Crippen LogP contribution in [0.2, 0.25) is 0 Å². The van der Waals surface area contributed by atoms with Gasteiger partial charge in [0, 0.05) is 16.5 Å². The third-order valence-corrected chi connectivity index (χ3v) is 5.64. The van der Waals surface area contributed by atoms with Gasteiger partial charge in [0.15, 0.2) is 5.65 Å². The fraction of sp³-hybridized carbons (Fsp3) is 0.182. The zero-order valence-corrected chi connectivity index (χ0v) is 17.7. The monoisotopic (exact) mass is 419 g/mol. The van der Waals surface area contributed by atoms with Gasteiger partial charge in [0.25, 0.3) is 11.8 Å². The van der Waals surface area contributed by atoms with Gasteiger partial charge in [-0.1, -0.05) is 18.2 Å². The minimum Gasteiger partial charge on any atom is -0.267 e. The number of amides is 2. The number of thiophene rings is 1. The van der Waals surface area contributed by atoms with Crippen molar-refractivity contribution in [3.63, 3.8) is 0 Å². The van der Waals surface area contributed by atoms with Gasteiger partial charge in [-0.25, -0.2) is 9.67 Å². The number of carbonyl (C=O) groups is 2. The van der Waals surface area contributed by atoms with Crippen LogP contribution in [-0.4, -0.2) is 26.6 Å². The molecular weight excluding hydrogens is 398 g/mol. The van der Waals surface area contributed by atoms with Crippen LogP contribution < -0.4 is 10.9 Å². The van der Waals surface area contributed by atoms with E-state index in [-0.39, 0.29) is 11.9 Å². The average Bonchev–Trinajstić information content (AvgIpc) is 3.38. The molecule has 0 aliphatic rings. The zero-order chi connectivity index (χ0) is 21.3. The first kappa shape index (κ1) is 19.8. The standard InChI is InChI=1S/C22H21N5O2S/c1-13(2)27-20-17(12-23-27)16(11-18(24-20)19-10-9-14(3)30-19)22(29)26-25-21(28)15-7-5-4-6-8-15/h4-13H,1-3H3,(H,25,28)(H,26,29). The van der Waals surface area contributed by atoms with E-state index in [2.05, 4.69) is 16.0 Å². The summed E-state index contributed by atoms with van der Waals surface area (Å²) in [5.41, 5.74) is 7.17. The number of nitrogens with zero attached hydrogens (tertiary/aromatic N) is 3. The third kappa shape index (κ3) is 3.81. The molecule has 0 atom stereocenters. The molecule has 0 aliphatic heterocycles. The molecule has 2 N–H and O–H groups in total. The van der Waals surface area contributed by atoms with Crippen LogP contribution in [0.5, 0.6) is 0 Å². The summed E-state index contributed by atoms with van der Waals surface area (Å²) in [6.07, 6.45) is 1.64. The number of aryl methyl sites for hydroxylation is 1. The molecule has 0 saturated heterocycles. The lowest BCUT2D eigenvalue weighted by molar-refractivity contribution is 0.0847. The molecule has 0 saturated carbocycles. The Balaban J connectivity index is 1.69. The summed E-state index contributed by atoms with van der Waals surface area (Å²) in [5.74, 6) is -0.814. The number of nitrogens with one attached hydrogen (secondary N) is 2. The van der Waals surface area contributed by atoms with E-state index in [9.17, 15) is 9.59 Å². The molecule has 3 aromatic heterocycles. The first-order chi connectivity index (χ1) is 14.4. The van der Waals surface area contributed by atoms with E-state index in [1.807, 2.05) is 39.0 Å². The number of hydrazine groups is 1. The van der Waals surface area contributed by atoms with Crippen molar-refractivity contribution in [2.75, 3.05) is 0 Å². The zero-order valence-electron chi connectivity index (χ0n) is 16.8. The molecule has 30 heavy (non-hydrogen) atoms. The van der Waals surface area contributed by atoms with E-state index in [4.69, 9.17) is 4.98 Å². The van der Waals surface area contributed by atoms with E-state index in [1.165, 1.54) is 0 Å². The largest absolute Gasteiger partial charge is 0.270 e. The van der Waals surface area contributed by atoms with Gasteiger partial charge in [0.1, 0.15) is 0 Å². The minimum atomic E-state index is -0.426. The van der Waals surface area contributed by atoms with Crippen molar-refractivity contribution in [1.29, 1.82) is 0 Å². The first-order valence-electron chi connectivity index (χ1n) is 9.55. The summed E-state index contributed by atoms with van der Waals surface area (Å²) in [7, 11) is 0. The lowest BCUT2D eigenvalue weighted by Gasteiger charge is -2.11. The smallest absolute Gasteiger partial charge is 0.267 e. The number of fused-ring (bicyclic) bond motifs is 1. The van der Waals surface area contributed by atoms with E-state index in [0.717, 1.165) is 9.75 Å². The Bertz CT molecular complexity index is 1230. The van der Waals surface area contributed by atoms with Crippen molar-refractivity contribution < 1.29 is 9.59 Å². The van der Waals surface area contributed by atoms with Gasteiger partial charge < -0.3 is 0 Å². The number of carbonyl (C=O) groups excluding carboxylic acids is 2. The highest BCUT2D eigenvalue weighted by Crippen LogP contribution is 2.30. The van der Waals surface area contributed by atoms with Crippen LogP contribution in [0, 0.1) is 6.92 Å². The molecule has 0 aliphatic carbocycles. The van der Waals surface area contributed by atoms with Crippen LogP contribution in [0.4, 0.5) is 0 Å². The average molecular weight is 420 g/mol. The number of pyridine rings is 1. The Hall–Kier alpha value is -3.52. The maximum absolute atomic E-state index is 13.0. The molecule has 4 rings (SSSR count). The second-order valence-electron chi connectivity index (χ2n) is 7.16. The molecule has 0 unspecified atom stereocenters. The van der Waals surface area contributed by atoms with Crippen molar-refractivity contribution in [2.45, 2.75) is 26.8 Å². The van der Waals surface area contributed by atoms with Gasteiger partial charge in [-0.2, -0.15) is 5.10 Å². The van der Waals surface area contributed by atoms with Crippen LogP contribution in [0.1, 0.15) is 45.5 Å². The van der Waals surface area contributed by atoms with Crippen molar-refractivity contribution in [1.82, 2.24) is 25.6 Å². The molecule has 0 fully saturated rings. The molecule has 7 nitrogen and oxygen atoms in total. The lowest BCUT2D eigenvalue weighted by atomic mass is 10.1. The summed E-state index contributed by atoms with van der Waals surface area (Å²) in [6, 6.07) is 14.5. The predicted octanol–water partition coefficient (Wildman–Crippen LogP) is 4.12. The molecule has 1 aromatic carbocycles. The lowest BCUT2D eigenvalue weighted by Crippen LogP contribution is -2.41. The van der Waals surface area contributed by atoms with Crippen molar-refractivity contribution in [3.05, 3.63) is 70.7 Å². The molecule has 4 aromatic rings. The number of aromatic nitrogens is 3.